The third-order valence-corrected chi connectivity index (χ3v) is 3.51. The molecule has 1 aliphatic heterocycles. The standard InChI is InChI=1S/C15H30O3/c1-2-3-4-5-9-14(16)10-8-13-18-15-11-6-7-12-17-15/h14-16H,2-13H2,1H3/t14-,15?/m0/s1. The summed E-state index contributed by atoms with van der Waals surface area (Å²) in [5.74, 6) is 0. The second-order valence-corrected chi connectivity index (χ2v) is 5.31. The molecule has 1 unspecified atom stereocenters. The topological polar surface area (TPSA) is 38.7 Å². The summed E-state index contributed by atoms with van der Waals surface area (Å²) in [5, 5.41) is 9.80. The van der Waals surface area contributed by atoms with E-state index in [-0.39, 0.29) is 12.4 Å². The zero-order chi connectivity index (χ0) is 13.1. The molecular weight excluding hydrogens is 228 g/mol. The van der Waals surface area contributed by atoms with Gasteiger partial charge in [0.25, 0.3) is 0 Å². The van der Waals surface area contributed by atoms with Gasteiger partial charge in [0, 0.05) is 13.2 Å². The van der Waals surface area contributed by atoms with E-state index in [1.54, 1.807) is 0 Å². The Morgan fingerprint density at radius 3 is 2.72 bits per heavy atom. The summed E-state index contributed by atoms with van der Waals surface area (Å²) in [6.45, 7) is 3.77. The molecular formula is C15H30O3. The molecule has 0 radical (unpaired) electrons. The van der Waals surface area contributed by atoms with Crippen molar-refractivity contribution in [3.05, 3.63) is 0 Å². The van der Waals surface area contributed by atoms with Crippen molar-refractivity contribution >= 4 is 0 Å². The Labute approximate surface area is 112 Å². The molecule has 0 saturated carbocycles. The van der Waals surface area contributed by atoms with Crippen LogP contribution in [0.5, 0.6) is 0 Å². The molecule has 1 heterocycles. The van der Waals surface area contributed by atoms with Gasteiger partial charge >= 0.3 is 0 Å². The number of hydrogen-bond acceptors (Lipinski definition) is 3. The van der Waals surface area contributed by atoms with Gasteiger partial charge in [0.05, 0.1) is 6.10 Å². The average molecular weight is 258 g/mol. The average Bonchev–Trinajstić information content (AvgIpc) is 2.41. The highest BCUT2D eigenvalue weighted by atomic mass is 16.7. The number of aliphatic hydroxyl groups is 1. The van der Waals surface area contributed by atoms with Crippen LogP contribution in [0.3, 0.4) is 0 Å². The van der Waals surface area contributed by atoms with Gasteiger partial charge in [0.15, 0.2) is 6.29 Å². The van der Waals surface area contributed by atoms with E-state index in [4.69, 9.17) is 9.47 Å². The quantitative estimate of drug-likeness (QED) is 0.608. The highest BCUT2D eigenvalue weighted by Gasteiger charge is 2.13. The monoisotopic (exact) mass is 258 g/mol. The Kier molecular flexibility index (Phi) is 9.54. The molecule has 2 atom stereocenters. The van der Waals surface area contributed by atoms with Crippen LogP contribution in [0.4, 0.5) is 0 Å². The first-order chi connectivity index (χ1) is 8.83. The van der Waals surface area contributed by atoms with Crippen molar-refractivity contribution in [1.82, 2.24) is 0 Å². The zero-order valence-electron chi connectivity index (χ0n) is 11.9. The molecule has 0 aliphatic carbocycles. The van der Waals surface area contributed by atoms with Crippen molar-refractivity contribution in [3.8, 4) is 0 Å². The van der Waals surface area contributed by atoms with Crippen LogP contribution in [0.2, 0.25) is 0 Å². The summed E-state index contributed by atoms with van der Waals surface area (Å²) >= 11 is 0. The van der Waals surface area contributed by atoms with E-state index in [0.29, 0.717) is 0 Å². The van der Waals surface area contributed by atoms with Crippen molar-refractivity contribution in [3.63, 3.8) is 0 Å². The predicted molar refractivity (Wildman–Crippen MR) is 73.5 cm³/mol. The minimum absolute atomic E-state index is 0.0143. The van der Waals surface area contributed by atoms with Crippen LogP contribution < -0.4 is 0 Å². The number of hydrogen-bond donors (Lipinski definition) is 1. The molecule has 3 nitrogen and oxygen atoms in total. The molecule has 0 aromatic heterocycles. The van der Waals surface area contributed by atoms with Crippen LogP contribution in [0.15, 0.2) is 0 Å². The first-order valence-corrected chi connectivity index (χ1v) is 7.74. The Hall–Kier alpha value is -0.120. The lowest BCUT2D eigenvalue weighted by atomic mass is 10.1. The van der Waals surface area contributed by atoms with Gasteiger partial charge in [-0.3, -0.25) is 0 Å². The molecule has 0 amide bonds. The van der Waals surface area contributed by atoms with Crippen LogP contribution in [0.1, 0.15) is 71.1 Å². The van der Waals surface area contributed by atoms with Crippen LogP contribution >= 0.6 is 0 Å². The summed E-state index contributed by atoms with van der Waals surface area (Å²) in [7, 11) is 0. The third kappa shape index (κ3) is 8.06. The largest absolute Gasteiger partial charge is 0.393 e. The van der Waals surface area contributed by atoms with Gasteiger partial charge in [0.2, 0.25) is 0 Å². The molecule has 18 heavy (non-hydrogen) atoms. The predicted octanol–water partition coefficient (Wildman–Crippen LogP) is 3.64. The first-order valence-electron chi connectivity index (χ1n) is 7.74. The lowest BCUT2D eigenvalue weighted by molar-refractivity contribution is -0.163. The fourth-order valence-corrected chi connectivity index (χ4v) is 2.33. The van der Waals surface area contributed by atoms with Gasteiger partial charge in [-0.15, -0.1) is 0 Å². The van der Waals surface area contributed by atoms with Crippen molar-refractivity contribution < 1.29 is 14.6 Å². The van der Waals surface area contributed by atoms with Crippen molar-refractivity contribution in [2.75, 3.05) is 13.2 Å². The van der Waals surface area contributed by atoms with E-state index in [9.17, 15) is 5.11 Å². The summed E-state index contributed by atoms with van der Waals surface area (Å²) in [5.41, 5.74) is 0. The van der Waals surface area contributed by atoms with Crippen LogP contribution in [0, 0.1) is 0 Å². The van der Waals surface area contributed by atoms with Gasteiger partial charge in [-0.2, -0.15) is 0 Å². The second kappa shape index (κ2) is 10.8. The van der Waals surface area contributed by atoms with Gasteiger partial charge in [0.1, 0.15) is 0 Å². The molecule has 3 heteroatoms. The Bertz CT molecular complexity index is 179. The van der Waals surface area contributed by atoms with E-state index in [0.717, 1.165) is 51.7 Å². The maximum Gasteiger partial charge on any atom is 0.157 e. The summed E-state index contributed by atoms with van der Waals surface area (Å²) in [6.07, 6.45) is 11.0. The molecule has 0 spiro atoms. The fraction of sp³-hybridized carbons (Fsp3) is 1.00. The summed E-state index contributed by atoms with van der Waals surface area (Å²) < 4.78 is 11.1. The highest BCUT2D eigenvalue weighted by molar-refractivity contribution is 4.58. The van der Waals surface area contributed by atoms with Crippen LogP contribution in [-0.2, 0) is 9.47 Å². The molecule has 1 N–H and O–H groups in total. The SMILES string of the molecule is CCCCCC[C@H](O)CCCOC1CCCCO1. The molecule has 0 bridgehead atoms. The maximum atomic E-state index is 9.80. The summed E-state index contributed by atoms with van der Waals surface area (Å²) in [6, 6.07) is 0. The summed E-state index contributed by atoms with van der Waals surface area (Å²) in [4.78, 5) is 0. The van der Waals surface area contributed by atoms with E-state index in [1.165, 1.54) is 25.7 Å². The van der Waals surface area contributed by atoms with E-state index in [2.05, 4.69) is 6.92 Å². The van der Waals surface area contributed by atoms with Crippen LogP contribution in [0.25, 0.3) is 0 Å². The smallest absolute Gasteiger partial charge is 0.157 e. The number of unbranched alkanes of at least 4 members (excludes halogenated alkanes) is 3. The Morgan fingerprint density at radius 1 is 1.17 bits per heavy atom. The number of rotatable bonds is 10. The van der Waals surface area contributed by atoms with Crippen molar-refractivity contribution in [2.24, 2.45) is 0 Å². The van der Waals surface area contributed by atoms with E-state index in [1.807, 2.05) is 0 Å². The molecule has 1 aliphatic rings. The molecule has 1 fully saturated rings. The molecule has 0 aromatic rings. The molecule has 108 valence electrons. The minimum atomic E-state index is -0.141. The molecule has 0 aromatic carbocycles. The zero-order valence-corrected chi connectivity index (χ0v) is 11.9. The third-order valence-electron chi connectivity index (χ3n) is 3.51. The van der Waals surface area contributed by atoms with Crippen LogP contribution in [-0.4, -0.2) is 30.7 Å². The Morgan fingerprint density at radius 2 is 2.00 bits per heavy atom. The highest BCUT2D eigenvalue weighted by Crippen LogP contribution is 2.15. The van der Waals surface area contributed by atoms with Crippen molar-refractivity contribution in [2.45, 2.75) is 83.5 Å². The van der Waals surface area contributed by atoms with Crippen molar-refractivity contribution in [1.29, 1.82) is 0 Å². The number of aliphatic hydroxyl groups excluding tert-OH is 1. The maximum absolute atomic E-state index is 9.80. The van der Waals surface area contributed by atoms with E-state index < -0.39 is 0 Å². The van der Waals surface area contributed by atoms with Gasteiger partial charge in [-0.25, -0.2) is 0 Å². The minimum Gasteiger partial charge on any atom is -0.393 e. The normalized spacial score (nSPS) is 22.0. The van der Waals surface area contributed by atoms with Gasteiger partial charge in [-0.05, 0) is 38.5 Å². The lowest BCUT2D eigenvalue weighted by Gasteiger charge is -2.22. The second-order valence-electron chi connectivity index (χ2n) is 5.31. The lowest BCUT2D eigenvalue weighted by Crippen LogP contribution is -2.23. The molecule has 1 rings (SSSR count). The fourth-order valence-electron chi connectivity index (χ4n) is 2.33. The number of ether oxygens (including phenoxy) is 2. The first kappa shape index (κ1) is 15.9. The van der Waals surface area contributed by atoms with Gasteiger partial charge in [-0.1, -0.05) is 32.6 Å². The molecule has 1 saturated heterocycles. The Balaban J connectivity index is 1.86. The van der Waals surface area contributed by atoms with Gasteiger partial charge < -0.3 is 14.6 Å². The van der Waals surface area contributed by atoms with E-state index >= 15 is 0 Å².